The molecule has 1 heterocycles. The van der Waals surface area contributed by atoms with Gasteiger partial charge in [-0.15, -0.1) is 0 Å². The van der Waals surface area contributed by atoms with Gasteiger partial charge in [0.05, 0.1) is 18.2 Å². The van der Waals surface area contributed by atoms with E-state index in [9.17, 15) is 9.59 Å². The summed E-state index contributed by atoms with van der Waals surface area (Å²) < 4.78 is 10.4. The van der Waals surface area contributed by atoms with E-state index in [1.807, 2.05) is 0 Å². The van der Waals surface area contributed by atoms with Crippen LogP contribution in [0.3, 0.4) is 0 Å². The Balaban J connectivity index is 2.39. The summed E-state index contributed by atoms with van der Waals surface area (Å²) in [6, 6.07) is 5.10. The van der Waals surface area contributed by atoms with Gasteiger partial charge in [0, 0.05) is 18.3 Å². The van der Waals surface area contributed by atoms with Crippen LogP contribution in [0, 0.1) is 5.41 Å². The van der Waals surface area contributed by atoms with Crippen LogP contribution in [0.4, 0.5) is 11.4 Å². The average molecular weight is 292 g/mol. The zero-order chi connectivity index (χ0) is 15.8. The topological polar surface area (TPSA) is 81.9 Å². The molecule has 0 aliphatic carbocycles. The molecule has 0 fully saturated rings. The average Bonchev–Trinajstić information content (AvgIpc) is 2.42. The number of esters is 1. The largest absolute Gasteiger partial charge is 0.479 e. The molecule has 0 saturated carbocycles. The maximum Gasteiger partial charge on any atom is 0.313 e. The first kappa shape index (κ1) is 15.2. The number of fused-ring (bicyclic) bond motifs is 1. The van der Waals surface area contributed by atoms with Crippen molar-refractivity contribution in [2.24, 2.45) is 5.41 Å². The van der Waals surface area contributed by atoms with E-state index >= 15 is 0 Å². The Labute approximate surface area is 123 Å². The molecule has 1 aromatic rings. The van der Waals surface area contributed by atoms with E-state index in [4.69, 9.17) is 15.2 Å². The Morgan fingerprint density at radius 3 is 2.76 bits per heavy atom. The van der Waals surface area contributed by atoms with Crippen LogP contribution in [0.2, 0.25) is 0 Å². The highest BCUT2D eigenvalue weighted by Gasteiger charge is 2.38. The van der Waals surface area contributed by atoms with Crippen molar-refractivity contribution in [2.45, 2.75) is 26.9 Å². The van der Waals surface area contributed by atoms with Crippen LogP contribution in [0.5, 0.6) is 5.75 Å². The highest BCUT2D eigenvalue weighted by Crippen LogP contribution is 2.37. The molecule has 0 spiro atoms. The lowest BCUT2D eigenvalue weighted by molar-refractivity contribution is -0.150. The Morgan fingerprint density at radius 2 is 2.14 bits per heavy atom. The Morgan fingerprint density at radius 1 is 1.48 bits per heavy atom. The number of hydrogen-bond acceptors (Lipinski definition) is 5. The standard InChI is InChI=1S/C15H20N2O4/c1-9-13(18)17(8-15(2,3)14(19)20-4)11-6-5-10(16)7-12(11)21-9/h5-7,9H,8,16H2,1-4H3. The third-order valence-electron chi connectivity index (χ3n) is 3.48. The molecule has 1 aliphatic heterocycles. The van der Waals surface area contributed by atoms with Gasteiger partial charge in [-0.1, -0.05) is 0 Å². The van der Waals surface area contributed by atoms with Crippen LogP contribution in [0.15, 0.2) is 18.2 Å². The number of anilines is 2. The normalized spacial score (nSPS) is 18.0. The van der Waals surface area contributed by atoms with Crippen LogP contribution in [-0.4, -0.2) is 31.6 Å². The van der Waals surface area contributed by atoms with Crippen molar-refractivity contribution >= 4 is 23.3 Å². The van der Waals surface area contributed by atoms with Gasteiger partial charge in [0.1, 0.15) is 5.75 Å². The lowest BCUT2D eigenvalue weighted by Gasteiger charge is -2.37. The van der Waals surface area contributed by atoms with Crippen LogP contribution >= 0.6 is 0 Å². The van der Waals surface area contributed by atoms with E-state index in [-0.39, 0.29) is 18.4 Å². The first-order chi connectivity index (χ1) is 9.76. The zero-order valence-corrected chi connectivity index (χ0v) is 12.7. The Bertz CT molecular complexity index is 583. The second kappa shape index (κ2) is 5.27. The first-order valence-corrected chi connectivity index (χ1v) is 6.72. The minimum absolute atomic E-state index is 0.191. The fraction of sp³-hybridized carbons (Fsp3) is 0.467. The minimum atomic E-state index is -0.819. The summed E-state index contributed by atoms with van der Waals surface area (Å²) in [6.45, 7) is 5.36. The summed E-state index contributed by atoms with van der Waals surface area (Å²) >= 11 is 0. The first-order valence-electron chi connectivity index (χ1n) is 6.72. The van der Waals surface area contributed by atoms with Gasteiger partial charge in [-0.05, 0) is 32.9 Å². The summed E-state index contributed by atoms with van der Waals surface area (Å²) in [4.78, 5) is 25.8. The van der Waals surface area contributed by atoms with Gasteiger partial charge in [0.2, 0.25) is 0 Å². The predicted molar refractivity (Wildman–Crippen MR) is 79.1 cm³/mol. The summed E-state index contributed by atoms with van der Waals surface area (Å²) in [5.74, 6) is -0.0153. The fourth-order valence-electron chi connectivity index (χ4n) is 2.33. The number of methoxy groups -OCH3 is 1. The SMILES string of the molecule is COC(=O)C(C)(C)CN1C(=O)C(C)Oc2cc(N)ccc21. The lowest BCUT2D eigenvalue weighted by atomic mass is 9.92. The number of rotatable bonds is 3. The van der Waals surface area contributed by atoms with Gasteiger partial charge in [-0.2, -0.15) is 0 Å². The maximum atomic E-state index is 12.4. The molecule has 1 aromatic carbocycles. The van der Waals surface area contributed by atoms with Gasteiger partial charge in [-0.3, -0.25) is 9.59 Å². The van der Waals surface area contributed by atoms with Crippen molar-refractivity contribution in [3.8, 4) is 5.75 Å². The molecule has 1 unspecified atom stereocenters. The number of ether oxygens (including phenoxy) is 2. The van der Waals surface area contributed by atoms with Gasteiger partial charge in [0.25, 0.3) is 5.91 Å². The van der Waals surface area contributed by atoms with Crippen LogP contribution in [-0.2, 0) is 14.3 Å². The molecular formula is C15H20N2O4. The molecule has 6 heteroatoms. The van der Waals surface area contributed by atoms with Crippen molar-refractivity contribution in [1.82, 2.24) is 0 Å². The minimum Gasteiger partial charge on any atom is -0.479 e. The number of hydrogen-bond donors (Lipinski definition) is 1. The van der Waals surface area contributed by atoms with E-state index in [1.54, 1.807) is 43.9 Å². The van der Waals surface area contributed by atoms with Crippen LogP contribution in [0.25, 0.3) is 0 Å². The molecule has 0 aromatic heterocycles. The van der Waals surface area contributed by atoms with E-state index < -0.39 is 11.5 Å². The molecule has 1 amide bonds. The third-order valence-corrected chi connectivity index (χ3v) is 3.48. The van der Waals surface area contributed by atoms with E-state index in [0.717, 1.165) is 0 Å². The molecule has 0 bridgehead atoms. The Kier molecular flexibility index (Phi) is 3.80. The number of carbonyl (C=O) groups excluding carboxylic acids is 2. The van der Waals surface area contributed by atoms with Crippen molar-refractivity contribution in [3.05, 3.63) is 18.2 Å². The number of nitrogens with two attached hydrogens (primary N) is 1. The number of nitrogens with zero attached hydrogens (tertiary/aromatic N) is 1. The molecule has 6 nitrogen and oxygen atoms in total. The summed E-state index contributed by atoms with van der Waals surface area (Å²) in [6.07, 6.45) is -0.618. The molecule has 114 valence electrons. The molecule has 0 radical (unpaired) electrons. The van der Waals surface area contributed by atoms with Gasteiger partial charge >= 0.3 is 5.97 Å². The van der Waals surface area contributed by atoms with Crippen molar-refractivity contribution in [1.29, 1.82) is 0 Å². The summed E-state index contributed by atoms with van der Waals surface area (Å²) in [7, 11) is 1.34. The smallest absolute Gasteiger partial charge is 0.313 e. The number of carbonyl (C=O) groups is 2. The van der Waals surface area contributed by atoms with E-state index in [2.05, 4.69) is 0 Å². The van der Waals surface area contributed by atoms with Gasteiger partial charge in [-0.25, -0.2) is 0 Å². The van der Waals surface area contributed by atoms with Crippen LogP contribution < -0.4 is 15.4 Å². The third kappa shape index (κ3) is 2.79. The fourth-order valence-corrected chi connectivity index (χ4v) is 2.33. The zero-order valence-electron chi connectivity index (χ0n) is 12.7. The highest BCUT2D eigenvalue weighted by molar-refractivity contribution is 6.00. The number of amides is 1. The van der Waals surface area contributed by atoms with Gasteiger partial charge < -0.3 is 20.1 Å². The molecule has 2 N–H and O–H groups in total. The lowest BCUT2D eigenvalue weighted by Crippen LogP contribution is -2.50. The highest BCUT2D eigenvalue weighted by atomic mass is 16.5. The van der Waals surface area contributed by atoms with Gasteiger partial charge in [0.15, 0.2) is 6.10 Å². The van der Waals surface area contributed by atoms with Crippen molar-refractivity contribution < 1.29 is 19.1 Å². The number of benzene rings is 1. The molecule has 21 heavy (non-hydrogen) atoms. The second-order valence-corrected chi connectivity index (χ2v) is 5.79. The molecule has 2 rings (SSSR count). The van der Waals surface area contributed by atoms with Crippen molar-refractivity contribution in [2.75, 3.05) is 24.3 Å². The summed E-state index contributed by atoms with van der Waals surface area (Å²) in [5, 5.41) is 0. The number of nitrogen functional groups attached to an aromatic ring is 1. The monoisotopic (exact) mass is 292 g/mol. The predicted octanol–water partition coefficient (Wildman–Crippen LogP) is 1.58. The molecule has 0 saturated heterocycles. The molecular weight excluding hydrogens is 272 g/mol. The van der Waals surface area contributed by atoms with Crippen LogP contribution in [0.1, 0.15) is 20.8 Å². The van der Waals surface area contributed by atoms with Crippen molar-refractivity contribution in [3.63, 3.8) is 0 Å². The summed E-state index contributed by atoms with van der Waals surface area (Å²) in [5.41, 5.74) is 6.10. The quantitative estimate of drug-likeness (QED) is 0.675. The Hall–Kier alpha value is -2.24. The molecule has 1 aliphatic rings. The van der Waals surface area contributed by atoms with E-state index in [1.165, 1.54) is 7.11 Å². The van der Waals surface area contributed by atoms with E-state index in [0.29, 0.717) is 17.1 Å². The molecule has 1 atom stereocenters. The second-order valence-electron chi connectivity index (χ2n) is 5.79. The maximum absolute atomic E-state index is 12.4.